The highest BCUT2D eigenvalue weighted by atomic mass is 16.5. The summed E-state index contributed by atoms with van der Waals surface area (Å²) >= 11 is 0. The van der Waals surface area contributed by atoms with Crippen LogP contribution in [0.1, 0.15) is 27.2 Å². The molecule has 0 saturated carbocycles. The van der Waals surface area contributed by atoms with Crippen molar-refractivity contribution >= 4 is 11.9 Å². The van der Waals surface area contributed by atoms with E-state index in [2.05, 4.69) is 9.89 Å². The van der Waals surface area contributed by atoms with Crippen LogP contribution in [0.4, 0.5) is 4.79 Å². The van der Waals surface area contributed by atoms with Crippen molar-refractivity contribution in [2.75, 3.05) is 13.7 Å². The Balaban J connectivity index is 4.47. The first-order chi connectivity index (χ1) is 6.82. The summed E-state index contributed by atoms with van der Waals surface area (Å²) in [6.07, 6.45) is -0.115. The fraction of sp³-hybridized carbons (Fsp3) is 0.778. The first-order valence-electron chi connectivity index (χ1n) is 4.65. The number of hydrogen-bond donors (Lipinski definition) is 2. The standard InChI is InChI=1S/C9H19N3O3/c1-9(2,3)12(8(13)15-4)6-5-7(10)11-14/h14H,5-6H2,1-4H3,(H2,10,11). The van der Waals surface area contributed by atoms with Crippen molar-refractivity contribution in [2.45, 2.75) is 32.7 Å². The van der Waals surface area contributed by atoms with Gasteiger partial charge in [-0.3, -0.25) is 0 Å². The second-order valence-electron chi connectivity index (χ2n) is 4.13. The lowest BCUT2D eigenvalue weighted by atomic mass is 10.1. The zero-order valence-corrected chi connectivity index (χ0v) is 9.65. The number of ether oxygens (including phenoxy) is 1. The molecule has 0 aliphatic heterocycles. The molecule has 0 saturated heterocycles. The summed E-state index contributed by atoms with van der Waals surface area (Å²) in [5.41, 5.74) is 4.97. The van der Waals surface area contributed by atoms with Gasteiger partial charge < -0.3 is 20.6 Å². The molecular formula is C9H19N3O3. The molecule has 1 amide bonds. The Morgan fingerprint density at radius 1 is 1.53 bits per heavy atom. The molecule has 0 rings (SSSR count). The number of amides is 1. The van der Waals surface area contributed by atoms with Crippen molar-refractivity contribution in [3.8, 4) is 0 Å². The van der Waals surface area contributed by atoms with Crippen LogP contribution < -0.4 is 5.73 Å². The van der Waals surface area contributed by atoms with Crippen molar-refractivity contribution in [3.63, 3.8) is 0 Å². The molecule has 15 heavy (non-hydrogen) atoms. The summed E-state index contributed by atoms with van der Waals surface area (Å²) in [4.78, 5) is 12.9. The van der Waals surface area contributed by atoms with Crippen LogP contribution in [0.5, 0.6) is 0 Å². The van der Waals surface area contributed by atoms with Crippen LogP contribution in [0.3, 0.4) is 0 Å². The lowest BCUT2D eigenvalue weighted by Gasteiger charge is -2.34. The third-order valence-electron chi connectivity index (χ3n) is 1.92. The van der Waals surface area contributed by atoms with Gasteiger partial charge in [-0.2, -0.15) is 0 Å². The molecule has 88 valence electrons. The zero-order chi connectivity index (χ0) is 12.1. The van der Waals surface area contributed by atoms with Crippen LogP contribution in [0.15, 0.2) is 5.16 Å². The molecular weight excluding hydrogens is 198 g/mol. The maximum absolute atomic E-state index is 11.4. The van der Waals surface area contributed by atoms with Crippen LogP contribution in [0, 0.1) is 0 Å². The van der Waals surface area contributed by atoms with Gasteiger partial charge in [0.1, 0.15) is 5.84 Å². The van der Waals surface area contributed by atoms with E-state index in [1.165, 1.54) is 12.0 Å². The number of hydrogen-bond acceptors (Lipinski definition) is 4. The molecule has 0 bridgehead atoms. The smallest absolute Gasteiger partial charge is 0.409 e. The minimum atomic E-state index is -0.423. The first kappa shape index (κ1) is 13.5. The van der Waals surface area contributed by atoms with Crippen LogP contribution >= 0.6 is 0 Å². The molecule has 0 aliphatic rings. The second kappa shape index (κ2) is 5.43. The highest BCUT2D eigenvalue weighted by molar-refractivity contribution is 5.80. The lowest BCUT2D eigenvalue weighted by molar-refractivity contribution is 0.0853. The van der Waals surface area contributed by atoms with Crippen molar-refractivity contribution in [2.24, 2.45) is 10.9 Å². The quantitative estimate of drug-likeness (QED) is 0.319. The Morgan fingerprint density at radius 3 is 2.40 bits per heavy atom. The highest BCUT2D eigenvalue weighted by Gasteiger charge is 2.26. The predicted molar refractivity (Wildman–Crippen MR) is 56.9 cm³/mol. The van der Waals surface area contributed by atoms with Gasteiger partial charge in [0.25, 0.3) is 0 Å². The minimum Gasteiger partial charge on any atom is -0.453 e. The highest BCUT2D eigenvalue weighted by Crippen LogP contribution is 2.14. The minimum absolute atomic E-state index is 0.0909. The van der Waals surface area contributed by atoms with Crippen molar-refractivity contribution in [3.05, 3.63) is 0 Å². The number of nitrogens with zero attached hydrogens (tertiary/aromatic N) is 2. The maximum atomic E-state index is 11.4. The molecule has 6 nitrogen and oxygen atoms in total. The van der Waals surface area contributed by atoms with Crippen LogP contribution in [-0.4, -0.2) is 41.2 Å². The first-order valence-corrected chi connectivity index (χ1v) is 4.65. The predicted octanol–water partition coefficient (Wildman–Crippen LogP) is 0.990. The molecule has 0 aromatic rings. The van der Waals surface area contributed by atoms with Gasteiger partial charge in [0.15, 0.2) is 0 Å². The monoisotopic (exact) mass is 217 g/mol. The molecule has 0 atom stereocenters. The van der Waals surface area contributed by atoms with Crippen molar-refractivity contribution in [1.29, 1.82) is 0 Å². The number of amidine groups is 1. The average Bonchev–Trinajstić information content (AvgIpc) is 2.15. The van der Waals surface area contributed by atoms with Crippen LogP contribution in [0.25, 0.3) is 0 Å². The Labute approximate surface area is 89.7 Å². The Kier molecular flexibility index (Phi) is 4.90. The number of carbonyl (C=O) groups is 1. The SMILES string of the molecule is COC(=O)N(CC/C(N)=N/O)C(C)(C)C. The van der Waals surface area contributed by atoms with Gasteiger partial charge in [0, 0.05) is 18.5 Å². The number of nitrogens with two attached hydrogens (primary N) is 1. The fourth-order valence-electron chi connectivity index (χ4n) is 1.09. The van der Waals surface area contributed by atoms with Gasteiger partial charge in [-0.1, -0.05) is 5.16 Å². The number of rotatable bonds is 3. The van der Waals surface area contributed by atoms with E-state index in [-0.39, 0.29) is 11.4 Å². The Bertz CT molecular complexity index is 245. The molecule has 0 radical (unpaired) electrons. The molecule has 3 N–H and O–H groups in total. The average molecular weight is 217 g/mol. The third kappa shape index (κ3) is 4.53. The van der Waals surface area contributed by atoms with E-state index in [0.717, 1.165) is 0 Å². The van der Waals surface area contributed by atoms with E-state index >= 15 is 0 Å². The van der Waals surface area contributed by atoms with Crippen LogP contribution in [0.2, 0.25) is 0 Å². The Morgan fingerprint density at radius 2 is 2.07 bits per heavy atom. The largest absolute Gasteiger partial charge is 0.453 e. The van der Waals surface area contributed by atoms with Gasteiger partial charge in [-0.05, 0) is 20.8 Å². The van der Waals surface area contributed by atoms with E-state index in [0.29, 0.717) is 13.0 Å². The van der Waals surface area contributed by atoms with Crippen LogP contribution in [-0.2, 0) is 4.74 Å². The van der Waals surface area contributed by atoms with E-state index in [4.69, 9.17) is 10.9 Å². The summed E-state index contributed by atoms with van der Waals surface area (Å²) in [5, 5.41) is 11.2. The molecule has 0 aromatic heterocycles. The van der Waals surface area contributed by atoms with E-state index < -0.39 is 6.09 Å². The second-order valence-corrected chi connectivity index (χ2v) is 4.13. The lowest BCUT2D eigenvalue weighted by Crippen LogP contribution is -2.46. The molecule has 6 heteroatoms. The summed E-state index contributed by atoms with van der Waals surface area (Å²) in [6.45, 7) is 6.01. The Hall–Kier alpha value is -1.46. The van der Waals surface area contributed by atoms with Gasteiger partial charge in [0.05, 0.1) is 7.11 Å². The van der Waals surface area contributed by atoms with Gasteiger partial charge in [-0.15, -0.1) is 0 Å². The topological polar surface area (TPSA) is 88.2 Å². The van der Waals surface area contributed by atoms with Crippen molar-refractivity contribution in [1.82, 2.24) is 4.90 Å². The normalized spacial score (nSPS) is 12.4. The molecule has 0 aromatic carbocycles. The molecule has 0 fully saturated rings. The fourth-order valence-corrected chi connectivity index (χ4v) is 1.09. The van der Waals surface area contributed by atoms with E-state index in [9.17, 15) is 4.79 Å². The van der Waals surface area contributed by atoms with Gasteiger partial charge in [0.2, 0.25) is 0 Å². The third-order valence-corrected chi connectivity index (χ3v) is 1.92. The zero-order valence-electron chi connectivity index (χ0n) is 9.65. The molecule has 0 aliphatic carbocycles. The van der Waals surface area contributed by atoms with Gasteiger partial charge in [-0.25, -0.2) is 4.79 Å². The molecule has 0 unspecified atom stereocenters. The number of oxime groups is 1. The summed E-state index contributed by atoms with van der Waals surface area (Å²) in [5.74, 6) is 0.0909. The molecule has 0 heterocycles. The maximum Gasteiger partial charge on any atom is 0.409 e. The van der Waals surface area contributed by atoms with Crippen molar-refractivity contribution < 1.29 is 14.7 Å². The molecule has 0 spiro atoms. The van der Waals surface area contributed by atoms with Gasteiger partial charge >= 0.3 is 6.09 Å². The van der Waals surface area contributed by atoms with E-state index in [1.54, 1.807) is 0 Å². The number of carbonyl (C=O) groups excluding carboxylic acids is 1. The summed E-state index contributed by atoms with van der Waals surface area (Å²) in [7, 11) is 1.32. The van der Waals surface area contributed by atoms with E-state index in [1.807, 2.05) is 20.8 Å². The number of methoxy groups -OCH3 is 1. The summed E-state index contributed by atoms with van der Waals surface area (Å²) in [6, 6.07) is 0. The summed E-state index contributed by atoms with van der Waals surface area (Å²) < 4.78 is 4.65.